The second-order valence-corrected chi connectivity index (χ2v) is 5.25. The van der Waals surface area contributed by atoms with Crippen LogP contribution in [0.5, 0.6) is 11.5 Å². The molecule has 1 aliphatic heterocycles. The smallest absolute Gasteiger partial charge is 0.231 e. The molecule has 1 aromatic carbocycles. The van der Waals surface area contributed by atoms with Crippen molar-refractivity contribution in [1.82, 2.24) is 0 Å². The SMILES string of the molecule is Clc1c(CBr)sc2cc3c(cc12)OCO3. The Morgan fingerprint density at radius 1 is 1.33 bits per heavy atom. The van der Waals surface area contributed by atoms with Gasteiger partial charge in [0.15, 0.2) is 11.5 Å². The topological polar surface area (TPSA) is 18.5 Å². The Morgan fingerprint density at radius 2 is 2.07 bits per heavy atom. The average molecular weight is 306 g/mol. The zero-order chi connectivity index (χ0) is 10.4. The van der Waals surface area contributed by atoms with Gasteiger partial charge in [-0.05, 0) is 6.07 Å². The number of hydrogen-bond donors (Lipinski definition) is 0. The van der Waals surface area contributed by atoms with Crippen molar-refractivity contribution >= 4 is 49.0 Å². The number of thiophene rings is 1. The molecule has 0 radical (unpaired) electrons. The van der Waals surface area contributed by atoms with Crippen molar-refractivity contribution in [3.05, 3.63) is 22.0 Å². The predicted molar refractivity (Wildman–Crippen MR) is 65.6 cm³/mol. The molecule has 0 saturated heterocycles. The van der Waals surface area contributed by atoms with Gasteiger partial charge in [-0.1, -0.05) is 27.5 Å². The van der Waals surface area contributed by atoms with E-state index in [9.17, 15) is 0 Å². The van der Waals surface area contributed by atoms with Gasteiger partial charge in [-0.15, -0.1) is 11.3 Å². The van der Waals surface area contributed by atoms with Crippen LogP contribution in [0.1, 0.15) is 4.88 Å². The summed E-state index contributed by atoms with van der Waals surface area (Å²) in [5.74, 6) is 1.59. The first kappa shape index (κ1) is 9.75. The minimum Gasteiger partial charge on any atom is -0.454 e. The normalized spacial score (nSPS) is 13.7. The van der Waals surface area contributed by atoms with E-state index in [0.717, 1.165) is 36.8 Å². The maximum absolute atomic E-state index is 6.24. The largest absolute Gasteiger partial charge is 0.454 e. The Hall–Kier alpha value is -0.450. The zero-order valence-electron chi connectivity index (χ0n) is 7.55. The van der Waals surface area contributed by atoms with Gasteiger partial charge in [-0.2, -0.15) is 0 Å². The van der Waals surface area contributed by atoms with Crippen molar-refractivity contribution in [2.75, 3.05) is 6.79 Å². The third-order valence-electron chi connectivity index (χ3n) is 2.31. The minimum atomic E-state index is 0.301. The van der Waals surface area contributed by atoms with Crippen molar-refractivity contribution in [2.45, 2.75) is 5.33 Å². The van der Waals surface area contributed by atoms with Gasteiger partial charge in [0.25, 0.3) is 0 Å². The van der Waals surface area contributed by atoms with E-state index in [1.165, 1.54) is 0 Å². The Kier molecular flexibility index (Phi) is 2.30. The minimum absolute atomic E-state index is 0.301. The molecule has 0 unspecified atom stereocenters. The summed E-state index contributed by atoms with van der Waals surface area (Å²) in [5, 5.41) is 2.63. The summed E-state index contributed by atoms with van der Waals surface area (Å²) in [5.41, 5.74) is 0. The number of benzene rings is 1. The first-order valence-electron chi connectivity index (χ1n) is 4.36. The number of hydrogen-bond acceptors (Lipinski definition) is 3. The van der Waals surface area contributed by atoms with Crippen LogP contribution < -0.4 is 9.47 Å². The Morgan fingerprint density at radius 3 is 2.80 bits per heavy atom. The number of halogens is 2. The van der Waals surface area contributed by atoms with Gasteiger partial charge in [0.05, 0.1) is 5.02 Å². The van der Waals surface area contributed by atoms with E-state index in [4.69, 9.17) is 21.1 Å². The number of rotatable bonds is 1. The van der Waals surface area contributed by atoms with Gasteiger partial charge in [0.1, 0.15) is 0 Å². The van der Waals surface area contributed by atoms with Crippen LogP contribution in [0.25, 0.3) is 10.1 Å². The molecule has 3 rings (SSSR count). The monoisotopic (exact) mass is 304 g/mol. The summed E-state index contributed by atoms with van der Waals surface area (Å²) >= 11 is 11.3. The third kappa shape index (κ3) is 1.43. The van der Waals surface area contributed by atoms with Crippen molar-refractivity contribution < 1.29 is 9.47 Å². The molecule has 0 aliphatic carbocycles. The Labute approximate surface area is 104 Å². The third-order valence-corrected chi connectivity index (χ3v) is 4.94. The van der Waals surface area contributed by atoms with Gasteiger partial charge in [-0.25, -0.2) is 0 Å². The van der Waals surface area contributed by atoms with Crippen molar-refractivity contribution in [3.63, 3.8) is 0 Å². The molecule has 1 aromatic heterocycles. The maximum Gasteiger partial charge on any atom is 0.231 e. The van der Waals surface area contributed by atoms with Gasteiger partial charge in [0.2, 0.25) is 6.79 Å². The van der Waals surface area contributed by atoms with E-state index in [1.807, 2.05) is 12.1 Å². The number of fused-ring (bicyclic) bond motifs is 2. The summed E-state index contributed by atoms with van der Waals surface area (Å²) < 4.78 is 11.8. The molecular weight excluding hydrogens is 300 g/mol. The summed E-state index contributed by atoms with van der Waals surface area (Å²) in [7, 11) is 0. The molecule has 0 N–H and O–H groups in total. The molecule has 0 saturated carbocycles. The summed E-state index contributed by atoms with van der Waals surface area (Å²) in [6.07, 6.45) is 0. The molecular formula is C10H6BrClO2S. The highest BCUT2D eigenvalue weighted by atomic mass is 79.9. The Balaban J connectivity index is 2.31. The second kappa shape index (κ2) is 3.54. The van der Waals surface area contributed by atoms with Gasteiger partial charge in [-0.3, -0.25) is 0 Å². The standard InChI is InChI=1S/C10H6BrClO2S/c11-3-9-10(12)5-1-6-7(14-4-13-6)2-8(5)15-9/h1-2H,3-4H2. The average Bonchev–Trinajstić information content (AvgIpc) is 2.80. The van der Waals surface area contributed by atoms with E-state index >= 15 is 0 Å². The summed E-state index contributed by atoms with van der Waals surface area (Å²) in [6, 6.07) is 3.93. The highest BCUT2D eigenvalue weighted by Gasteiger charge is 2.18. The van der Waals surface area contributed by atoms with Crippen LogP contribution in [0.2, 0.25) is 5.02 Å². The molecule has 1 aliphatic rings. The molecule has 0 spiro atoms. The fraction of sp³-hybridized carbons (Fsp3) is 0.200. The van der Waals surface area contributed by atoms with Crippen LogP contribution in [0.15, 0.2) is 12.1 Å². The summed E-state index contributed by atoms with van der Waals surface area (Å²) in [6.45, 7) is 0.301. The van der Waals surface area contributed by atoms with E-state index in [2.05, 4.69) is 15.9 Å². The Bertz CT molecular complexity index is 538. The van der Waals surface area contributed by atoms with Crippen LogP contribution in [-0.4, -0.2) is 6.79 Å². The van der Waals surface area contributed by atoms with Gasteiger partial charge >= 0.3 is 0 Å². The molecule has 2 nitrogen and oxygen atoms in total. The first-order chi connectivity index (χ1) is 7.29. The van der Waals surface area contributed by atoms with E-state index < -0.39 is 0 Å². The molecule has 0 fully saturated rings. The highest BCUT2D eigenvalue weighted by Crippen LogP contribution is 2.43. The lowest BCUT2D eigenvalue weighted by molar-refractivity contribution is 0.174. The van der Waals surface area contributed by atoms with Crippen molar-refractivity contribution in [3.8, 4) is 11.5 Å². The van der Waals surface area contributed by atoms with E-state index in [1.54, 1.807) is 11.3 Å². The van der Waals surface area contributed by atoms with E-state index in [0.29, 0.717) is 6.79 Å². The quantitative estimate of drug-likeness (QED) is 0.736. The molecule has 0 amide bonds. The number of alkyl halides is 1. The molecule has 0 bridgehead atoms. The zero-order valence-corrected chi connectivity index (χ0v) is 10.7. The van der Waals surface area contributed by atoms with Crippen LogP contribution in [-0.2, 0) is 5.33 Å². The molecule has 5 heteroatoms. The fourth-order valence-corrected chi connectivity index (χ4v) is 3.73. The van der Waals surface area contributed by atoms with Gasteiger partial charge in [0, 0.05) is 26.4 Å². The van der Waals surface area contributed by atoms with Gasteiger partial charge < -0.3 is 9.47 Å². The highest BCUT2D eigenvalue weighted by molar-refractivity contribution is 9.08. The molecule has 15 heavy (non-hydrogen) atoms. The van der Waals surface area contributed by atoms with Crippen LogP contribution in [0.3, 0.4) is 0 Å². The van der Waals surface area contributed by atoms with Crippen LogP contribution >= 0.6 is 38.9 Å². The van der Waals surface area contributed by atoms with Crippen molar-refractivity contribution in [1.29, 1.82) is 0 Å². The first-order valence-corrected chi connectivity index (χ1v) is 6.67. The van der Waals surface area contributed by atoms with Crippen LogP contribution in [0, 0.1) is 0 Å². The predicted octanol–water partition coefficient (Wildman–Crippen LogP) is 4.18. The maximum atomic E-state index is 6.24. The molecule has 2 heterocycles. The molecule has 0 atom stereocenters. The summed E-state index contributed by atoms with van der Waals surface area (Å²) in [4.78, 5) is 1.13. The van der Waals surface area contributed by atoms with Crippen molar-refractivity contribution in [2.24, 2.45) is 0 Å². The lowest BCUT2D eigenvalue weighted by Crippen LogP contribution is -1.92. The number of ether oxygens (including phenoxy) is 2. The lowest BCUT2D eigenvalue weighted by Gasteiger charge is -1.95. The fourth-order valence-electron chi connectivity index (χ4n) is 1.59. The van der Waals surface area contributed by atoms with E-state index in [-0.39, 0.29) is 0 Å². The molecule has 2 aromatic rings. The molecule has 78 valence electrons. The second-order valence-electron chi connectivity index (χ2n) is 3.17. The lowest BCUT2D eigenvalue weighted by atomic mass is 10.2. The van der Waals surface area contributed by atoms with Crippen LogP contribution in [0.4, 0.5) is 0 Å².